The molecule has 0 bridgehead atoms. The van der Waals surface area contributed by atoms with Crippen molar-refractivity contribution in [2.45, 2.75) is 12.6 Å². The number of benzene rings is 2. The van der Waals surface area contributed by atoms with Crippen LogP contribution in [-0.2, 0) is 14.3 Å². The van der Waals surface area contributed by atoms with E-state index in [0.717, 1.165) is 0 Å². The van der Waals surface area contributed by atoms with Crippen molar-refractivity contribution < 1.29 is 24.5 Å². The number of phenols is 1. The molecular weight excluding hydrogens is 284 g/mol. The topological polar surface area (TPSA) is 76.0 Å². The van der Waals surface area contributed by atoms with Gasteiger partial charge in [0.2, 0.25) is 6.29 Å². The van der Waals surface area contributed by atoms with Gasteiger partial charge in [-0.3, -0.25) is 0 Å². The van der Waals surface area contributed by atoms with Gasteiger partial charge < -0.3 is 19.7 Å². The maximum atomic E-state index is 12.1. The highest BCUT2D eigenvalue weighted by Crippen LogP contribution is 2.29. The Morgan fingerprint density at radius 1 is 1.00 bits per heavy atom. The number of carbonyl (C=O) groups excluding carboxylic acids is 1. The first-order chi connectivity index (χ1) is 10.6. The summed E-state index contributed by atoms with van der Waals surface area (Å²) < 4.78 is 10.6. The zero-order valence-corrected chi connectivity index (χ0v) is 11.5. The predicted octanol–water partition coefficient (Wildman–Crippen LogP) is 2.37. The summed E-state index contributed by atoms with van der Waals surface area (Å²) in [5.41, 5.74) is 1.31. The van der Waals surface area contributed by atoms with Crippen molar-refractivity contribution in [3.05, 3.63) is 71.3 Å². The third-order valence-corrected chi connectivity index (χ3v) is 3.26. The van der Waals surface area contributed by atoms with E-state index in [1.54, 1.807) is 36.4 Å². The van der Waals surface area contributed by atoms with E-state index in [4.69, 9.17) is 9.47 Å². The van der Waals surface area contributed by atoms with Gasteiger partial charge in [0.25, 0.3) is 0 Å². The molecule has 2 N–H and O–H groups in total. The number of carbonyl (C=O) groups is 1. The van der Waals surface area contributed by atoms with Gasteiger partial charge in [-0.2, -0.15) is 0 Å². The average molecular weight is 298 g/mol. The van der Waals surface area contributed by atoms with Crippen molar-refractivity contribution in [2.24, 2.45) is 0 Å². The first kappa shape index (κ1) is 14.3. The second kappa shape index (κ2) is 6.01. The van der Waals surface area contributed by atoms with Crippen LogP contribution in [0, 0.1) is 0 Å². The summed E-state index contributed by atoms with van der Waals surface area (Å²) in [5, 5.41) is 19.3. The van der Waals surface area contributed by atoms with Crippen molar-refractivity contribution in [1.29, 1.82) is 0 Å². The smallest absolute Gasteiger partial charge is 0.341 e. The third kappa shape index (κ3) is 3.00. The SMILES string of the molecule is O=C1OC(c2ccccc2)OC(O)/C1=C\c1ccc(O)cc1. The molecule has 112 valence electrons. The number of cyclic esters (lactones) is 1. The van der Waals surface area contributed by atoms with Crippen LogP contribution in [0.5, 0.6) is 5.75 Å². The maximum Gasteiger partial charge on any atom is 0.341 e. The second-order valence-electron chi connectivity index (χ2n) is 4.83. The lowest BCUT2D eigenvalue weighted by molar-refractivity contribution is -0.239. The van der Waals surface area contributed by atoms with E-state index in [1.807, 2.05) is 6.07 Å². The van der Waals surface area contributed by atoms with Crippen molar-refractivity contribution in [2.75, 3.05) is 0 Å². The lowest BCUT2D eigenvalue weighted by atomic mass is 10.1. The minimum atomic E-state index is -1.37. The van der Waals surface area contributed by atoms with E-state index in [1.165, 1.54) is 18.2 Å². The van der Waals surface area contributed by atoms with Gasteiger partial charge in [-0.15, -0.1) is 0 Å². The van der Waals surface area contributed by atoms with Gasteiger partial charge in [-0.1, -0.05) is 42.5 Å². The molecule has 0 amide bonds. The van der Waals surface area contributed by atoms with Crippen LogP contribution in [0.15, 0.2) is 60.2 Å². The highest BCUT2D eigenvalue weighted by atomic mass is 16.8. The van der Waals surface area contributed by atoms with Crippen molar-refractivity contribution >= 4 is 12.0 Å². The van der Waals surface area contributed by atoms with Crippen LogP contribution >= 0.6 is 0 Å². The zero-order chi connectivity index (χ0) is 15.5. The fraction of sp³-hybridized carbons (Fsp3) is 0.118. The molecule has 1 fully saturated rings. The summed E-state index contributed by atoms with van der Waals surface area (Å²) in [5.74, 6) is -0.519. The van der Waals surface area contributed by atoms with Gasteiger partial charge in [0.15, 0.2) is 6.29 Å². The molecule has 3 rings (SSSR count). The number of hydrogen-bond donors (Lipinski definition) is 2. The molecule has 0 saturated carbocycles. The van der Waals surface area contributed by atoms with Gasteiger partial charge in [-0.25, -0.2) is 4.79 Å². The number of phenolic OH excluding ortho intramolecular Hbond substituents is 1. The van der Waals surface area contributed by atoms with Crippen molar-refractivity contribution in [3.63, 3.8) is 0 Å². The van der Waals surface area contributed by atoms with E-state index >= 15 is 0 Å². The Morgan fingerprint density at radius 2 is 1.68 bits per heavy atom. The van der Waals surface area contributed by atoms with E-state index in [2.05, 4.69) is 0 Å². The van der Waals surface area contributed by atoms with Crippen molar-refractivity contribution in [3.8, 4) is 5.75 Å². The van der Waals surface area contributed by atoms with E-state index < -0.39 is 18.5 Å². The van der Waals surface area contributed by atoms with E-state index in [0.29, 0.717) is 11.1 Å². The number of aliphatic hydroxyl groups is 1. The molecule has 0 spiro atoms. The Bertz CT molecular complexity index is 691. The predicted molar refractivity (Wildman–Crippen MR) is 78.5 cm³/mol. The van der Waals surface area contributed by atoms with Gasteiger partial charge in [0.05, 0.1) is 5.57 Å². The fourth-order valence-electron chi connectivity index (χ4n) is 2.12. The Kier molecular flexibility index (Phi) is 3.91. The number of rotatable bonds is 2. The lowest BCUT2D eigenvalue weighted by Crippen LogP contribution is -2.33. The Labute approximate surface area is 127 Å². The standard InChI is InChI=1S/C17H14O5/c18-13-8-6-11(7-9-13)10-14-15(19)21-17(22-16(14)20)12-4-2-1-3-5-12/h1-10,15,17-19H/b14-10+. The molecule has 2 unspecified atom stereocenters. The molecule has 0 aliphatic carbocycles. The van der Waals surface area contributed by atoms with Gasteiger partial charge in [0.1, 0.15) is 5.75 Å². The maximum absolute atomic E-state index is 12.1. The van der Waals surface area contributed by atoms with Crippen molar-refractivity contribution in [1.82, 2.24) is 0 Å². The van der Waals surface area contributed by atoms with Crippen LogP contribution < -0.4 is 0 Å². The highest BCUT2D eigenvalue weighted by molar-refractivity contribution is 5.95. The largest absolute Gasteiger partial charge is 0.508 e. The van der Waals surface area contributed by atoms with Crippen LogP contribution in [0.3, 0.4) is 0 Å². The summed E-state index contributed by atoms with van der Waals surface area (Å²) in [4.78, 5) is 12.1. The molecule has 2 aromatic carbocycles. The molecule has 2 aromatic rings. The minimum absolute atomic E-state index is 0.0119. The number of esters is 1. The lowest BCUT2D eigenvalue weighted by Gasteiger charge is -2.28. The monoisotopic (exact) mass is 298 g/mol. The Morgan fingerprint density at radius 3 is 2.32 bits per heavy atom. The normalized spacial score (nSPS) is 23.3. The first-order valence-electron chi connectivity index (χ1n) is 6.73. The molecule has 1 saturated heterocycles. The number of aromatic hydroxyl groups is 1. The summed E-state index contributed by atoms with van der Waals surface area (Å²) in [6.45, 7) is 0. The quantitative estimate of drug-likeness (QED) is 0.657. The Balaban J connectivity index is 1.82. The van der Waals surface area contributed by atoms with Crippen LogP contribution in [0.25, 0.3) is 6.08 Å². The molecule has 5 heteroatoms. The molecule has 1 aliphatic heterocycles. The van der Waals surface area contributed by atoms with E-state index in [9.17, 15) is 15.0 Å². The van der Waals surface area contributed by atoms with Crippen LogP contribution in [0.4, 0.5) is 0 Å². The highest BCUT2D eigenvalue weighted by Gasteiger charge is 2.33. The number of aliphatic hydroxyl groups excluding tert-OH is 1. The first-order valence-corrected chi connectivity index (χ1v) is 6.73. The third-order valence-electron chi connectivity index (χ3n) is 3.26. The molecule has 5 nitrogen and oxygen atoms in total. The fourth-order valence-corrected chi connectivity index (χ4v) is 2.12. The molecule has 1 aliphatic rings. The number of hydrogen-bond acceptors (Lipinski definition) is 5. The summed E-state index contributed by atoms with van der Waals surface area (Å²) in [6, 6.07) is 15.1. The zero-order valence-electron chi connectivity index (χ0n) is 11.5. The van der Waals surface area contributed by atoms with Crippen LogP contribution in [0.2, 0.25) is 0 Å². The molecule has 0 radical (unpaired) electrons. The summed E-state index contributed by atoms with van der Waals surface area (Å²) >= 11 is 0. The molecule has 1 heterocycles. The second-order valence-corrected chi connectivity index (χ2v) is 4.83. The molecule has 2 atom stereocenters. The van der Waals surface area contributed by atoms with Gasteiger partial charge in [0, 0.05) is 5.56 Å². The summed E-state index contributed by atoms with van der Waals surface area (Å²) in [7, 11) is 0. The molecule has 0 aromatic heterocycles. The average Bonchev–Trinajstić information content (AvgIpc) is 2.53. The van der Waals surface area contributed by atoms with Gasteiger partial charge >= 0.3 is 5.97 Å². The minimum Gasteiger partial charge on any atom is -0.508 e. The number of ether oxygens (including phenoxy) is 2. The Hall–Kier alpha value is -2.63. The van der Waals surface area contributed by atoms with Crippen LogP contribution in [0.1, 0.15) is 17.4 Å². The molecular formula is C17H14O5. The summed E-state index contributed by atoms with van der Waals surface area (Å²) in [6.07, 6.45) is -0.839. The van der Waals surface area contributed by atoms with E-state index in [-0.39, 0.29) is 11.3 Å². The van der Waals surface area contributed by atoms with Crippen LogP contribution in [-0.4, -0.2) is 22.5 Å². The van der Waals surface area contributed by atoms with Gasteiger partial charge in [-0.05, 0) is 23.8 Å². The molecule has 22 heavy (non-hydrogen) atoms.